The monoisotopic (exact) mass is 330 g/mol. The minimum absolute atomic E-state index is 0.542. The average Bonchev–Trinajstić information content (AvgIpc) is 2.48. The molecule has 0 saturated carbocycles. The molecule has 104 valence electrons. The highest BCUT2D eigenvalue weighted by molar-refractivity contribution is 9.10. The number of aryl methyl sites for hydroxylation is 3. The summed E-state index contributed by atoms with van der Waals surface area (Å²) >= 11 is 3.49. The Hall–Kier alpha value is -1.12. The van der Waals surface area contributed by atoms with Crippen LogP contribution in [0.5, 0.6) is 0 Å². The molecule has 1 nitrogen and oxygen atoms in total. The Morgan fingerprint density at radius 2 is 1.75 bits per heavy atom. The second-order valence-corrected chi connectivity index (χ2v) is 6.55. The zero-order valence-electron chi connectivity index (χ0n) is 11.7. The van der Waals surface area contributed by atoms with Crippen LogP contribution in [0.2, 0.25) is 0 Å². The maximum Gasteiger partial charge on any atom is 0.104 e. The fraction of sp³-hybridized carbons (Fsp3) is 0.333. The third kappa shape index (κ3) is 2.68. The second kappa shape index (κ2) is 5.71. The van der Waals surface area contributed by atoms with Crippen molar-refractivity contribution in [2.45, 2.75) is 38.7 Å². The standard InChI is InChI=1S/C18H19BrO/c1-12-6-9-16(19)11-17(12)18(20)15-8-7-13-4-2-3-5-14(13)10-15/h6-11,18,20H,2-5H2,1H3. The summed E-state index contributed by atoms with van der Waals surface area (Å²) < 4.78 is 1.01. The van der Waals surface area contributed by atoms with Crippen LogP contribution in [-0.2, 0) is 12.8 Å². The van der Waals surface area contributed by atoms with Crippen LogP contribution in [0.15, 0.2) is 40.9 Å². The lowest BCUT2D eigenvalue weighted by Crippen LogP contribution is -2.07. The van der Waals surface area contributed by atoms with E-state index in [0.717, 1.165) is 27.6 Å². The van der Waals surface area contributed by atoms with Crippen LogP contribution in [-0.4, -0.2) is 5.11 Å². The van der Waals surface area contributed by atoms with Gasteiger partial charge in [-0.3, -0.25) is 0 Å². The van der Waals surface area contributed by atoms with E-state index in [0.29, 0.717) is 0 Å². The number of hydrogen-bond acceptors (Lipinski definition) is 1. The molecule has 3 rings (SSSR count). The first kappa shape index (κ1) is 13.8. The first-order valence-electron chi connectivity index (χ1n) is 7.21. The van der Waals surface area contributed by atoms with E-state index in [1.165, 1.54) is 30.4 Å². The molecule has 0 amide bonds. The van der Waals surface area contributed by atoms with Crippen molar-refractivity contribution in [3.63, 3.8) is 0 Å². The predicted molar refractivity (Wildman–Crippen MR) is 86.0 cm³/mol. The van der Waals surface area contributed by atoms with Crippen LogP contribution in [0, 0.1) is 6.92 Å². The first-order chi connectivity index (χ1) is 9.65. The lowest BCUT2D eigenvalue weighted by Gasteiger charge is -2.20. The lowest BCUT2D eigenvalue weighted by atomic mass is 9.88. The summed E-state index contributed by atoms with van der Waals surface area (Å²) in [5.74, 6) is 0. The third-order valence-corrected chi connectivity index (χ3v) is 4.72. The molecule has 0 fully saturated rings. The molecule has 0 spiro atoms. The van der Waals surface area contributed by atoms with E-state index in [2.05, 4.69) is 34.1 Å². The van der Waals surface area contributed by atoms with Crippen molar-refractivity contribution in [3.05, 3.63) is 68.7 Å². The number of halogens is 1. The Morgan fingerprint density at radius 1 is 1.00 bits per heavy atom. The Balaban J connectivity index is 1.97. The molecule has 2 aromatic rings. The smallest absolute Gasteiger partial charge is 0.104 e. The van der Waals surface area contributed by atoms with Crippen molar-refractivity contribution in [3.8, 4) is 0 Å². The van der Waals surface area contributed by atoms with Crippen molar-refractivity contribution >= 4 is 15.9 Å². The molecule has 1 N–H and O–H groups in total. The van der Waals surface area contributed by atoms with Crippen LogP contribution < -0.4 is 0 Å². The Labute approximate surface area is 128 Å². The molecule has 1 atom stereocenters. The van der Waals surface area contributed by atoms with Crippen LogP contribution in [0.25, 0.3) is 0 Å². The molecule has 1 unspecified atom stereocenters. The van der Waals surface area contributed by atoms with E-state index in [1.54, 1.807) is 0 Å². The van der Waals surface area contributed by atoms with E-state index in [9.17, 15) is 5.11 Å². The molecule has 0 aromatic heterocycles. The van der Waals surface area contributed by atoms with Gasteiger partial charge in [-0.1, -0.05) is 40.2 Å². The first-order valence-corrected chi connectivity index (χ1v) is 8.00. The SMILES string of the molecule is Cc1ccc(Br)cc1C(O)c1ccc2c(c1)CCCC2. The van der Waals surface area contributed by atoms with Crippen LogP contribution in [0.4, 0.5) is 0 Å². The molecule has 0 heterocycles. The van der Waals surface area contributed by atoms with E-state index < -0.39 is 6.10 Å². The summed E-state index contributed by atoms with van der Waals surface area (Å²) in [5, 5.41) is 10.7. The molecule has 2 heteroatoms. The highest BCUT2D eigenvalue weighted by atomic mass is 79.9. The number of hydrogen-bond donors (Lipinski definition) is 1. The van der Waals surface area contributed by atoms with Gasteiger partial charge in [0.15, 0.2) is 0 Å². The highest BCUT2D eigenvalue weighted by Gasteiger charge is 2.16. The van der Waals surface area contributed by atoms with E-state index in [-0.39, 0.29) is 0 Å². The second-order valence-electron chi connectivity index (χ2n) is 5.64. The molecule has 1 aliphatic carbocycles. The van der Waals surface area contributed by atoms with Crippen LogP contribution in [0.1, 0.15) is 46.8 Å². The van der Waals surface area contributed by atoms with Crippen molar-refractivity contribution < 1.29 is 5.11 Å². The molecule has 20 heavy (non-hydrogen) atoms. The van der Waals surface area contributed by atoms with Crippen LogP contribution in [0.3, 0.4) is 0 Å². The van der Waals surface area contributed by atoms with Gasteiger partial charge in [0.2, 0.25) is 0 Å². The minimum Gasteiger partial charge on any atom is -0.384 e. The van der Waals surface area contributed by atoms with Crippen LogP contribution >= 0.6 is 15.9 Å². The Kier molecular flexibility index (Phi) is 3.95. The van der Waals surface area contributed by atoms with Crippen molar-refractivity contribution in [2.75, 3.05) is 0 Å². The summed E-state index contributed by atoms with van der Waals surface area (Å²) in [6.45, 7) is 2.05. The summed E-state index contributed by atoms with van der Waals surface area (Å²) in [6, 6.07) is 12.5. The zero-order valence-corrected chi connectivity index (χ0v) is 13.3. The summed E-state index contributed by atoms with van der Waals surface area (Å²) in [5.41, 5.74) is 5.99. The van der Waals surface area contributed by atoms with Gasteiger partial charge in [0.25, 0.3) is 0 Å². The van der Waals surface area contributed by atoms with Gasteiger partial charge in [-0.25, -0.2) is 0 Å². The number of fused-ring (bicyclic) bond motifs is 1. The molecular formula is C18H19BrO. The minimum atomic E-state index is -0.542. The average molecular weight is 331 g/mol. The lowest BCUT2D eigenvalue weighted by molar-refractivity contribution is 0.219. The maximum absolute atomic E-state index is 10.7. The summed E-state index contributed by atoms with van der Waals surface area (Å²) in [7, 11) is 0. The van der Waals surface area contributed by atoms with Gasteiger partial charge >= 0.3 is 0 Å². The molecule has 2 aromatic carbocycles. The number of benzene rings is 2. The zero-order chi connectivity index (χ0) is 14.1. The predicted octanol–water partition coefficient (Wildman–Crippen LogP) is 4.72. The highest BCUT2D eigenvalue weighted by Crippen LogP contribution is 2.30. The molecule has 0 aliphatic heterocycles. The topological polar surface area (TPSA) is 20.2 Å². The Morgan fingerprint density at radius 3 is 2.55 bits per heavy atom. The van der Waals surface area contributed by atoms with Gasteiger partial charge in [0.1, 0.15) is 6.10 Å². The van der Waals surface area contributed by atoms with E-state index >= 15 is 0 Å². The van der Waals surface area contributed by atoms with Gasteiger partial charge in [0.05, 0.1) is 0 Å². The Bertz CT molecular complexity index is 633. The van der Waals surface area contributed by atoms with Gasteiger partial charge in [-0.2, -0.15) is 0 Å². The molecule has 0 bridgehead atoms. The van der Waals surface area contributed by atoms with Gasteiger partial charge in [-0.05, 0) is 72.6 Å². The number of aliphatic hydroxyl groups excluding tert-OH is 1. The largest absolute Gasteiger partial charge is 0.384 e. The van der Waals surface area contributed by atoms with Gasteiger partial charge in [-0.15, -0.1) is 0 Å². The molecule has 1 aliphatic rings. The summed E-state index contributed by atoms with van der Waals surface area (Å²) in [4.78, 5) is 0. The fourth-order valence-corrected chi connectivity index (χ4v) is 3.39. The van der Waals surface area contributed by atoms with E-state index in [4.69, 9.17) is 0 Å². The van der Waals surface area contributed by atoms with Gasteiger partial charge < -0.3 is 5.11 Å². The molecule has 0 saturated heterocycles. The third-order valence-electron chi connectivity index (χ3n) is 4.22. The number of aliphatic hydroxyl groups is 1. The van der Waals surface area contributed by atoms with Crippen molar-refractivity contribution in [2.24, 2.45) is 0 Å². The molecule has 0 radical (unpaired) electrons. The normalized spacial score (nSPS) is 15.8. The quantitative estimate of drug-likeness (QED) is 0.844. The molecular weight excluding hydrogens is 312 g/mol. The van der Waals surface area contributed by atoms with Gasteiger partial charge in [0, 0.05) is 4.47 Å². The maximum atomic E-state index is 10.7. The number of rotatable bonds is 2. The van der Waals surface area contributed by atoms with E-state index in [1.807, 2.05) is 25.1 Å². The summed E-state index contributed by atoms with van der Waals surface area (Å²) in [6.07, 6.45) is 4.34. The van der Waals surface area contributed by atoms with Crippen molar-refractivity contribution in [1.29, 1.82) is 0 Å². The fourth-order valence-electron chi connectivity index (χ4n) is 3.01. The van der Waals surface area contributed by atoms with Crippen molar-refractivity contribution in [1.82, 2.24) is 0 Å².